The molecule has 0 saturated carbocycles. The number of rotatable bonds is 5. The molecule has 1 N–H and O–H groups in total. The Morgan fingerprint density at radius 3 is 2.79 bits per heavy atom. The standard InChI is InChI=1S/C23H26FN7OS/c1-13(2)31-14(3)27-17-9-19(33-22(17)31)21-16(24)11-26-23(29-21)28-20-6-5-15(10-25-20)18-12-30(4)7-8-32-18/h5-6,9-11,13,18H,7-8,12H2,1-4H3,(H,25,26,28,29). The smallest absolute Gasteiger partial charge is 0.229 e. The Morgan fingerprint density at radius 1 is 1.21 bits per heavy atom. The number of likely N-dealkylation sites (N-methyl/N-ethyl adjacent to an activating group) is 1. The number of hydrogen-bond acceptors (Lipinski definition) is 8. The largest absolute Gasteiger partial charge is 0.371 e. The molecule has 172 valence electrons. The molecule has 0 aliphatic carbocycles. The summed E-state index contributed by atoms with van der Waals surface area (Å²) < 4.78 is 22.6. The zero-order chi connectivity index (χ0) is 23.1. The molecular weight excluding hydrogens is 441 g/mol. The third-order valence-electron chi connectivity index (χ3n) is 5.70. The van der Waals surface area contributed by atoms with E-state index in [1.807, 2.05) is 25.1 Å². The highest BCUT2D eigenvalue weighted by molar-refractivity contribution is 7.21. The lowest BCUT2D eigenvalue weighted by Gasteiger charge is -2.30. The van der Waals surface area contributed by atoms with Gasteiger partial charge in [0.1, 0.15) is 27.7 Å². The lowest BCUT2D eigenvalue weighted by molar-refractivity contribution is -0.0210. The van der Waals surface area contributed by atoms with Crippen molar-refractivity contribution in [1.29, 1.82) is 0 Å². The van der Waals surface area contributed by atoms with Gasteiger partial charge in [-0.2, -0.15) is 0 Å². The molecule has 0 radical (unpaired) electrons. The number of nitrogens with zero attached hydrogens (tertiary/aromatic N) is 6. The van der Waals surface area contributed by atoms with E-state index in [1.54, 1.807) is 6.20 Å². The van der Waals surface area contributed by atoms with E-state index in [9.17, 15) is 4.39 Å². The molecule has 0 bridgehead atoms. The molecule has 10 heteroatoms. The van der Waals surface area contributed by atoms with Gasteiger partial charge >= 0.3 is 0 Å². The molecule has 1 aliphatic heterocycles. The van der Waals surface area contributed by atoms with Crippen LogP contribution in [0.4, 0.5) is 16.2 Å². The van der Waals surface area contributed by atoms with Crippen molar-refractivity contribution in [1.82, 2.24) is 29.4 Å². The average molecular weight is 468 g/mol. The maximum atomic E-state index is 14.7. The number of anilines is 2. The van der Waals surface area contributed by atoms with Crippen molar-refractivity contribution in [3.05, 3.63) is 47.8 Å². The van der Waals surface area contributed by atoms with Crippen LogP contribution in [0.1, 0.15) is 37.4 Å². The number of imidazole rings is 1. The van der Waals surface area contributed by atoms with Crippen LogP contribution in [0.25, 0.3) is 20.9 Å². The van der Waals surface area contributed by atoms with Crippen molar-refractivity contribution in [3.8, 4) is 10.6 Å². The number of fused-ring (bicyclic) bond motifs is 1. The molecule has 1 saturated heterocycles. The third-order valence-corrected chi connectivity index (χ3v) is 6.84. The number of hydrogen-bond donors (Lipinski definition) is 1. The summed E-state index contributed by atoms with van der Waals surface area (Å²) in [7, 11) is 2.08. The Bertz CT molecular complexity index is 1280. The first kappa shape index (κ1) is 21.9. The van der Waals surface area contributed by atoms with Gasteiger partial charge in [-0.05, 0) is 40.0 Å². The van der Waals surface area contributed by atoms with E-state index in [0.717, 1.165) is 34.8 Å². The van der Waals surface area contributed by atoms with Crippen LogP contribution >= 0.6 is 11.3 Å². The molecule has 1 unspecified atom stereocenters. The van der Waals surface area contributed by atoms with Gasteiger partial charge in [-0.3, -0.25) is 0 Å². The molecular formula is C23H26FN7OS. The highest BCUT2D eigenvalue weighted by Crippen LogP contribution is 2.36. The van der Waals surface area contributed by atoms with Crippen LogP contribution in [-0.4, -0.2) is 56.1 Å². The molecule has 4 aromatic heterocycles. The van der Waals surface area contributed by atoms with E-state index in [1.165, 1.54) is 17.5 Å². The molecule has 4 aromatic rings. The maximum absolute atomic E-state index is 14.7. The van der Waals surface area contributed by atoms with Gasteiger partial charge in [0.05, 0.1) is 23.8 Å². The Morgan fingerprint density at radius 2 is 2.06 bits per heavy atom. The van der Waals surface area contributed by atoms with Crippen LogP contribution in [0, 0.1) is 12.7 Å². The normalized spacial score (nSPS) is 17.2. The van der Waals surface area contributed by atoms with Crippen molar-refractivity contribution in [2.24, 2.45) is 0 Å². The molecule has 5 heterocycles. The van der Waals surface area contributed by atoms with Crippen molar-refractivity contribution < 1.29 is 9.13 Å². The van der Waals surface area contributed by atoms with E-state index >= 15 is 0 Å². The zero-order valence-electron chi connectivity index (χ0n) is 19.0. The molecule has 0 aromatic carbocycles. The van der Waals surface area contributed by atoms with Crippen LogP contribution in [0.3, 0.4) is 0 Å². The van der Waals surface area contributed by atoms with E-state index in [0.29, 0.717) is 17.3 Å². The molecule has 1 atom stereocenters. The molecule has 1 fully saturated rings. The quantitative estimate of drug-likeness (QED) is 0.455. The lowest BCUT2D eigenvalue weighted by atomic mass is 10.1. The molecule has 33 heavy (non-hydrogen) atoms. The van der Waals surface area contributed by atoms with Crippen molar-refractivity contribution in [2.45, 2.75) is 32.9 Å². The van der Waals surface area contributed by atoms with Crippen molar-refractivity contribution in [3.63, 3.8) is 0 Å². The van der Waals surface area contributed by atoms with Gasteiger partial charge in [-0.25, -0.2) is 24.3 Å². The monoisotopic (exact) mass is 467 g/mol. The Hall–Kier alpha value is -2.95. The van der Waals surface area contributed by atoms with E-state index in [2.05, 4.69) is 55.6 Å². The SMILES string of the molecule is Cc1nc2cc(-c3nc(Nc4ccc(C5CN(C)CCO5)cn4)ncc3F)sc2n1C(C)C. The lowest BCUT2D eigenvalue weighted by Crippen LogP contribution is -2.35. The Labute approximate surface area is 195 Å². The highest BCUT2D eigenvalue weighted by atomic mass is 32.1. The fourth-order valence-electron chi connectivity index (χ4n) is 4.09. The fraction of sp³-hybridized carbons (Fsp3) is 0.391. The van der Waals surface area contributed by atoms with Crippen molar-refractivity contribution >= 4 is 33.5 Å². The molecule has 8 nitrogen and oxygen atoms in total. The number of halogens is 1. The van der Waals surface area contributed by atoms with Gasteiger partial charge in [0, 0.05) is 30.9 Å². The number of thiophene rings is 1. The summed E-state index contributed by atoms with van der Waals surface area (Å²) in [4.78, 5) is 21.6. The van der Waals surface area contributed by atoms with Gasteiger partial charge in [0.25, 0.3) is 0 Å². The predicted octanol–water partition coefficient (Wildman–Crippen LogP) is 4.72. The van der Waals surface area contributed by atoms with E-state index in [4.69, 9.17) is 4.74 Å². The van der Waals surface area contributed by atoms with Crippen molar-refractivity contribution in [2.75, 3.05) is 32.1 Å². The van der Waals surface area contributed by atoms with Gasteiger partial charge in [-0.1, -0.05) is 6.07 Å². The van der Waals surface area contributed by atoms with Crippen LogP contribution in [0.5, 0.6) is 0 Å². The first-order chi connectivity index (χ1) is 15.9. The fourth-order valence-corrected chi connectivity index (χ4v) is 5.36. The molecule has 0 amide bonds. The first-order valence-corrected chi connectivity index (χ1v) is 11.7. The van der Waals surface area contributed by atoms with Crippen LogP contribution < -0.4 is 5.32 Å². The zero-order valence-corrected chi connectivity index (χ0v) is 19.9. The number of ether oxygens (including phenoxy) is 1. The van der Waals surface area contributed by atoms with Crippen LogP contribution in [0.2, 0.25) is 0 Å². The number of pyridine rings is 1. The van der Waals surface area contributed by atoms with Gasteiger partial charge < -0.3 is 19.5 Å². The summed E-state index contributed by atoms with van der Waals surface area (Å²) in [5.74, 6) is 1.34. The summed E-state index contributed by atoms with van der Waals surface area (Å²) in [5, 5.41) is 3.08. The minimum atomic E-state index is -0.473. The Kier molecular flexibility index (Phi) is 5.81. The van der Waals surface area contributed by atoms with Crippen LogP contribution in [0.15, 0.2) is 30.6 Å². The minimum absolute atomic E-state index is 0.0106. The van der Waals surface area contributed by atoms with Gasteiger partial charge in [-0.15, -0.1) is 11.3 Å². The topological polar surface area (TPSA) is 81.0 Å². The second kappa shape index (κ2) is 8.77. The molecule has 1 aliphatic rings. The second-order valence-electron chi connectivity index (χ2n) is 8.54. The molecule has 0 spiro atoms. The summed E-state index contributed by atoms with van der Waals surface area (Å²) in [6.07, 6.45) is 2.99. The number of morpholine rings is 1. The first-order valence-electron chi connectivity index (χ1n) is 10.9. The van der Waals surface area contributed by atoms with Crippen LogP contribution in [-0.2, 0) is 4.74 Å². The summed E-state index contributed by atoms with van der Waals surface area (Å²) in [6.45, 7) is 8.68. The van der Waals surface area contributed by atoms with Gasteiger partial charge in [0.15, 0.2) is 5.82 Å². The number of nitrogens with one attached hydrogen (secondary N) is 1. The predicted molar refractivity (Wildman–Crippen MR) is 127 cm³/mol. The summed E-state index contributed by atoms with van der Waals surface area (Å²) >= 11 is 1.48. The van der Waals surface area contributed by atoms with Gasteiger partial charge in [0.2, 0.25) is 5.95 Å². The summed E-state index contributed by atoms with van der Waals surface area (Å²) in [5.41, 5.74) is 2.12. The number of aromatic nitrogens is 5. The average Bonchev–Trinajstić information content (AvgIpc) is 3.31. The minimum Gasteiger partial charge on any atom is -0.371 e. The number of aryl methyl sites for hydroxylation is 1. The molecule has 5 rings (SSSR count). The maximum Gasteiger partial charge on any atom is 0.229 e. The van der Waals surface area contributed by atoms with E-state index < -0.39 is 5.82 Å². The Balaban J connectivity index is 1.38. The second-order valence-corrected chi connectivity index (χ2v) is 9.57. The third kappa shape index (κ3) is 4.33. The van der Waals surface area contributed by atoms with E-state index in [-0.39, 0.29) is 23.8 Å². The summed E-state index contributed by atoms with van der Waals surface area (Å²) in [6, 6.07) is 5.99. The highest BCUT2D eigenvalue weighted by Gasteiger charge is 2.20.